The summed E-state index contributed by atoms with van der Waals surface area (Å²) in [7, 11) is -2.69. The molecular weight excluding hydrogens is 333 g/mol. The lowest BCUT2D eigenvalue weighted by Crippen LogP contribution is -2.15. The van der Waals surface area contributed by atoms with Crippen molar-refractivity contribution < 1.29 is 22.3 Å². The highest BCUT2D eigenvalue weighted by Gasteiger charge is 2.23. The van der Waals surface area contributed by atoms with Crippen LogP contribution < -0.4 is 0 Å². The van der Waals surface area contributed by atoms with Gasteiger partial charge in [-0.3, -0.25) is 0 Å². The Morgan fingerprint density at radius 2 is 1.79 bits per heavy atom. The molecule has 0 aliphatic rings. The van der Waals surface area contributed by atoms with Crippen LogP contribution in [0.2, 0.25) is 0 Å². The first-order valence-corrected chi connectivity index (χ1v) is 8.70. The number of hydrogen-bond acceptors (Lipinski definition) is 4. The van der Waals surface area contributed by atoms with E-state index in [0.717, 1.165) is 3.97 Å². The highest BCUT2D eigenvalue weighted by atomic mass is 32.2. The van der Waals surface area contributed by atoms with Crippen molar-refractivity contribution in [3.05, 3.63) is 71.7 Å². The zero-order valence-corrected chi connectivity index (χ0v) is 13.6. The number of carbonyl (C=O) groups is 1. The van der Waals surface area contributed by atoms with Crippen molar-refractivity contribution in [2.45, 2.75) is 5.75 Å². The maximum absolute atomic E-state index is 13.8. The molecule has 0 aliphatic heterocycles. The molecule has 0 saturated heterocycles. The van der Waals surface area contributed by atoms with Crippen LogP contribution in [0.1, 0.15) is 15.9 Å². The van der Waals surface area contributed by atoms with Crippen molar-refractivity contribution in [1.29, 1.82) is 0 Å². The fraction of sp³-hybridized carbons (Fsp3) is 0.118. The first kappa shape index (κ1) is 16.2. The SMILES string of the molecule is COC(=O)c1cn(S(=O)(=O)Cc2ccccc2F)c2ccccc12. The number of hydrogen-bond donors (Lipinski definition) is 0. The van der Waals surface area contributed by atoms with Crippen molar-refractivity contribution in [1.82, 2.24) is 3.97 Å². The minimum atomic E-state index is -3.91. The van der Waals surface area contributed by atoms with E-state index in [2.05, 4.69) is 0 Å². The number of methoxy groups -OCH3 is 1. The number of benzene rings is 2. The molecule has 0 fully saturated rings. The monoisotopic (exact) mass is 347 g/mol. The Hall–Kier alpha value is -2.67. The zero-order chi connectivity index (χ0) is 17.3. The van der Waals surface area contributed by atoms with Crippen LogP contribution in [-0.2, 0) is 20.5 Å². The molecule has 3 aromatic rings. The first-order chi connectivity index (χ1) is 11.4. The van der Waals surface area contributed by atoms with Gasteiger partial charge in [-0.1, -0.05) is 36.4 Å². The van der Waals surface area contributed by atoms with Crippen molar-refractivity contribution in [2.75, 3.05) is 7.11 Å². The second-order valence-electron chi connectivity index (χ2n) is 5.19. The van der Waals surface area contributed by atoms with E-state index in [1.54, 1.807) is 30.3 Å². The molecule has 0 N–H and O–H groups in total. The number of ether oxygens (including phenoxy) is 1. The van der Waals surface area contributed by atoms with E-state index >= 15 is 0 Å². The third-order valence-electron chi connectivity index (χ3n) is 3.68. The average Bonchev–Trinajstić information content (AvgIpc) is 2.97. The van der Waals surface area contributed by atoms with E-state index < -0.39 is 27.6 Å². The molecule has 0 bridgehead atoms. The van der Waals surface area contributed by atoms with Crippen LogP contribution in [0.5, 0.6) is 0 Å². The van der Waals surface area contributed by atoms with Gasteiger partial charge in [0.25, 0.3) is 0 Å². The van der Waals surface area contributed by atoms with Crippen LogP contribution in [0, 0.1) is 5.82 Å². The number of halogens is 1. The maximum atomic E-state index is 13.8. The third-order valence-corrected chi connectivity index (χ3v) is 5.26. The quantitative estimate of drug-likeness (QED) is 0.681. The predicted octanol–water partition coefficient (Wildman–Crippen LogP) is 2.95. The lowest BCUT2D eigenvalue weighted by atomic mass is 10.2. The molecule has 0 radical (unpaired) electrons. The molecule has 0 spiro atoms. The second kappa shape index (κ2) is 6.09. The Morgan fingerprint density at radius 1 is 1.12 bits per heavy atom. The lowest BCUT2D eigenvalue weighted by molar-refractivity contribution is 0.0603. The van der Waals surface area contributed by atoms with Gasteiger partial charge >= 0.3 is 5.97 Å². The minimum Gasteiger partial charge on any atom is -0.465 e. The summed E-state index contributed by atoms with van der Waals surface area (Å²) in [6, 6.07) is 12.3. The Bertz CT molecular complexity index is 1020. The molecule has 0 unspecified atom stereocenters. The number of esters is 1. The first-order valence-electron chi connectivity index (χ1n) is 7.09. The Balaban J connectivity index is 2.15. The van der Waals surface area contributed by atoms with E-state index in [4.69, 9.17) is 4.74 Å². The normalized spacial score (nSPS) is 11.6. The third kappa shape index (κ3) is 2.78. The van der Waals surface area contributed by atoms with Gasteiger partial charge in [0.15, 0.2) is 0 Å². The smallest absolute Gasteiger partial charge is 0.340 e. The van der Waals surface area contributed by atoms with Gasteiger partial charge in [-0.05, 0) is 12.1 Å². The van der Waals surface area contributed by atoms with Crippen LogP contribution in [0.3, 0.4) is 0 Å². The molecule has 2 aromatic carbocycles. The Labute approximate surface area is 138 Å². The standard InChI is InChI=1S/C17H14FNO4S/c1-23-17(20)14-10-19(16-9-5-3-7-13(14)16)24(21,22)11-12-6-2-4-8-15(12)18/h2-10H,11H2,1H3. The van der Waals surface area contributed by atoms with Gasteiger partial charge in [0.2, 0.25) is 10.0 Å². The Morgan fingerprint density at radius 3 is 2.50 bits per heavy atom. The van der Waals surface area contributed by atoms with Gasteiger partial charge in [-0.15, -0.1) is 0 Å². The summed E-state index contributed by atoms with van der Waals surface area (Å²) in [6.45, 7) is 0. The van der Waals surface area contributed by atoms with Gasteiger partial charge in [0.05, 0.1) is 23.9 Å². The molecule has 1 heterocycles. The molecule has 0 saturated carbocycles. The van der Waals surface area contributed by atoms with Gasteiger partial charge in [-0.25, -0.2) is 21.6 Å². The van der Waals surface area contributed by atoms with Crippen LogP contribution in [0.25, 0.3) is 10.9 Å². The summed E-state index contributed by atoms with van der Waals surface area (Å²) in [6.07, 6.45) is 1.21. The summed E-state index contributed by atoms with van der Waals surface area (Å²) in [5.74, 6) is -1.74. The fourth-order valence-electron chi connectivity index (χ4n) is 2.53. The van der Waals surface area contributed by atoms with Gasteiger partial charge in [0, 0.05) is 17.1 Å². The molecule has 1 aromatic heterocycles. The second-order valence-corrected chi connectivity index (χ2v) is 7.04. The van der Waals surface area contributed by atoms with E-state index in [0.29, 0.717) is 10.9 Å². The Kier molecular flexibility index (Phi) is 4.11. The highest BCUT2D eigenvalue weighted by Crippen LogP contribution is 2.25. The molecule has 7 heteroatoms. The molecule has 5 nitrogen and oxygen atoms in total. The highest BCUT2D eigenvalue weighted by molar-refractivity contribution is 7.89. The molecular formula is C17H14FNO4S. The number of nitrogens with zero attached hydrogens (tertiary/aromatic N) is 1. The zero-order valence-electron chi connectivity index (χ0n) is 12.8. The number of rotatable bonds is 4. The molecule has 24 heavy (non-hydrogen) atoms. The largest absolute Gasteiger partial charge is 0.465 e. The average molecular weight is 347 g/mol. The summed E-state index contributed by atoms with van der Waals surface area (Å²) >= 11 is 0. The lowest BCUT2D eigenvalue weighted by Gasteiger charge is -2.08. The molecule has 0 atom stereocenters. The van der Waals surface area contributed by atoms with Crippen LogP contribution >= 0.6 is 0 Å². The fourth-order valence-corrected chi connectivity index (χ4v) is 4.03. The van der Waals surface area contributed by atoms with E-state index in [-0.39, 0.29) is 11.1 Å². The van der Waals surface area contributed by atoms with Crippen LogP contribution in [-0.4, -0.2) is 25.5 Å². The molecule has 0 amide bonds. The van der Waals surface area contributed by atoms with E-state index in [1.165, 1.54) is 31.5 Å². The summed E-state index contributed by atoms with van der Waals surface area (Å²) in [5.41, 5.74) is 0.550. The topological polar surface area (TPSA) is 65.4 Å². The predicted molar refractivity (Wildman–Crippen MR) is 87.7 cm³/mol. The van der Waals surface area contributed by atoms with Crippen molar-refractivity contribution in [3.8, 4) is 0 Å². The number of para-hydroxylation sites is 1. The number of fused-ring (bicyclic) bond motifs is 1. The minimum absolute atomic E-state index is 0.0647. The molecule has 0 aliphatic carbocycles. The molecule has 3 rings (SSSR count). The number of aromatic nitrogens is 1. The molecule has 124 valence electrons. The van der Waals surface area contributed by atoms with E-state index in [9.17, 15) is 17.6 Å². The summed E-state index contributed by atoms with van der Waals surface area (Å²) in [4.78, 5) is 11.9. The van der Waals surface area contributed by atoms with Crippen molar-refractivity contribution in [2.24, 2.45) is 0 Å². The maximum Gasteiger partial charge on any atom is 0.340 e. The van der Waals surface area contributed by atoms with Gasteiger partial charge in [0.1, 0.15) is 5.82 Å². The number of carbonyl (C=O) groups excluding carboxylic acids is 1. The van der Waals surface area contributed by atoms with E-state index in [1.807, 2.05) is 0 Å². The van der Waals surface area contributed by atoms with Gasteiger partial charge in [-0.2, -0.15) is 0 Å². The van der Waals surface area contributed by atoms with Crippen molar-refractivity contribution in [3.63, 3.8) is 0 Å². The van der Waals surface area contributed by atoms with Gasteiger partial charge < -0.3 is 4.74 Å². The van der Waals surface area contributed by atoms with Crippen molar-refractivity contribution >= 4 is 26.9 Å². The summed E-state index contributed by atoms with van der Waals surface area (Å²) in [5, 5.41) is 0.460. The van der Waals surface area contributed by atoms with Crippen LogP contribution in [0.15, 0.2) is 54.7 Å². The summed E-state index contributed by atoms with van der Waals surface area (Å²) < 4.78 is 45.0. The van der Waals surface area contributed by atoms with Crippen LogP contribution in [0.4, 0.5) is 4.39 Å².